The fraction of sp³-hybridized carbons (Fsp3) is 0.571. The van der Waals surface area contributed by atoms with Crippen LogP contribution in [0.25, 0.3) is 11.0 Å². The van der Waals surface area contributed by atoms with Crippen LogP contribution in [0.5, 0.6) is 0 Å². The fourth-order valence-corrected chi connectivity index (χ4v) is 6.36. The van der Waals surface area contributed by atoms with E-state index in [4.69, 9.17) is 0 Å². The van der Waals surface area contributed by atoms with Crippen molar-refractivity contribution in [2.75, 3.05) is 23.5 Å². The second-order valence-corrected chi connectivity index (χ2v) is 10.7. The zero-order valence-corrected chi connectivity index (χ0v) is 18.7. The van der Waals surface area contributed by atoms with E-state index in [1.54, 1.807) is 11.0 Å². The molecule has 4 rings (SSSR count). The highest BCUT2D eigenvalue weighted by atomic mass is 32.2. The molecule has 0 spiro atoms. The van der Waals surface area contributed by atoms with Crippen LogP contribution in [0, 0.1) is 12.8 Å². The molecule has 0 radical (unpaired) electrons. The van der Waals surface area contributed by atoms with Crippen molar-refractivity contribution in [2.45, 2.75) is 45.1 Å². The van der Waals surface area contributed by atoms with E-state index in [-0.39, 0.29) is 17.4 Å². The van der Waals surface area contributed by atoms with Crippen molar-refractivity contribution in [1.82, 2.24) is 24.7 Å². The summed E-state index contributed by atoms with van der Waals surface area (Å²) in [4.78, 5) is 14.1. The molecule has 162 valence electrons. The maximum atomic E-state index is 12.7. The third-order valence-electron chi connectivity index (χ3n) is 6.32. The standard InChI is InChI=1S/C21H30N6O2S/c1-15-17(12-26(2)25-15)9-11-30(28,29)13-16-4-6-18(7-5-16)27(3)21-19-8-10-22-20(19)23-14-24-21/h8,10,12,14,16,18H,4-7,9,11,13H2,1-3H3,(H,22,23,24). The van der Waals surface area contributed by atoms with Crippen LogP contribution in [0.4, 0.5) is 5.82 Å². The predicted molar refractivity (Wildman–Crippen MR) is 118 cm³/mol. The first kappa shape index (κ1) is 20.8. The van der Waals surface area contributed by atoms with Gasteiger partial charge in [0.25, 0.3) is 0 Å². The van der Waals surface area contributed by atoms with Gasteiger partial charge >= 0.3 is 0 Å². The molecule has 1 aliphatic carbocycles. The second kappa shape index (κ2) is 8.37. The van der Waals surface area contributed by atoms with E-state index in [2.05, 4.69) is 32.0 Å². The number of rotatable bonds is 7. The minimum absolute atomic E-state index is 0.200. The molecule has 0 unspecified atom stereocenters. The van der Waals surface area contributed by atoms with Crippen LogP contribution in [0.3, 0.4) is 0 Å². The maximum Gasteiger partial charge on any atom is 0.150 e. The molecular weight excluding hydrogens is 400 g/mol. The molecule has 0 aromatic carbocycles. The SMILES string of the molecule is Cc1nn(C)cc1CCS(=O)(=O)CC1CCC(N(C)c2ncnc3[nH]ccc23)CC1. The van der Waals surface area contributed by atoms with Crippen molar-refractivity contribution in [2.24, 2.45) is 13.0 Å². The maximum absolute atomic E-state index is 12.7. The lowest BCUT2D eigenvalue weighted by Crippen LogP contribution is -2.37. The van der Waals surface area contributed by atoms with Crippen LogP contribution in [0.1, 0.15) is 36.9 Å². The number of fused-ring (bicyclic) bond motifs is 1. The number of nitrogens with zero attached hydrogens (tertiary/aromatic N) is 5. The van der Waals surface area contributed by atoms with Gasteiger partial charge in [-0.1, -0.05) is 0 Å². The Morgan fingerprint density at radius 3 is 2.70 bits per heavy atom. The van der Waals surface area contributed by atoms with Gasteiger partial charge < -0.3 is 9.88 Å². The van der Waals surface area contributed by atoms with Crippen molar-refractivity contribution in [3.8, 4) is 0 Å². The molecule has 1 fully saturated rings. The van der Waals surface area contributed by atoms with E-state index >= 15 is 0 Å². The van der Waals surface area contributed by atoms with E-state index in [1.807, 2.05) is 32.4 Å². The highest BCUT2D eigenvalue weighted by Gasteiger charge is 2.28. The highest BCUT2D eigenvalue weighted by molar-refractivity contribution is 7.91. The number of nitrogens with one attached hydrogen (secondary N) is 1. The van der Waals surface area contributed by atoms with Gasteiger partial charge in [-0.05, 0) is 56.6 Å². The molecule has 1 aliphatic rings. The molecule has 9 heteroatoms. The molecule has 3 heterocycles. The van der Waals surface area contributed by atoms with Gasteiger partial charge in [0, 0.05) is 32.5 Å². The van der Waals surface area contributed by atoms with Crippen LogP contribution in [-0.4, -0.2) is 57.7 Å². The number of hydrogen-bond acceptors (Lipinski definition) is 6. The van der Waals surface area contributed by atoms with E-state index in [9.17, 15) is 8.42 Å². The molecule has 0 amide bonds. The molecular formula is C21H30N6O2S. The molecule has 0 aliphatic heterocycles. The lowest BCUT2D eigenvalue weighted by molar-refractivity contribution is 0.341. The summed E-state index contributed by atoms with van der Waals surface area (Å²) in [5.74, 6) is 1.67. The zero-order valence-electron chi connectivity index (χ0n) is 17.9. The minimum atomic E-state index is -3.07. The van der Waals surface area contributed by atoms with Gasteiger partial charge in [0.15, 0.2) is 9.84 Å². The zero-order chi connectivity index (χ0) is 21.3. The van der Waals surface area contributed by atoms with E-state index in [0.29, 0.717) is 12.5 Å². The monoisotopic (exact) mass is 430 g/mol. The quantitative estimate of drug-likeness (QED) is 0.619. The number of aryl methyl sites for hydroxylation is 3. The van der Waals surface area contributed by atoms with Crippen molar-refractivity contribution in [3.05, 3.63) is 36.0 Å². The predicted octanol–water partition coefficient (Wildman–Crippen LogP) is 2.65. The summed E-state index contributed by atoms with van der Waals surface area (Å²) in [5.41, 5.74) is 2.78. The topological polar surface area (TPSA) is 96.8 Å². The van der Waals surface area contributed by atoms with E-state index in [1.165, 1.54) is 0 Å². The Kier molecular flexibility index (Phi) is 5.81. The summed E-state index contributed by atoms with van der Waals surface area (Å²) in [5, 5.41) is 5.32. The van der Waals surface area contributed by atoms with Crippen molar-refractivity contribution >= 4 is 26.7 Å². The number of anilines is 1. The normalized spacial score (nSPS) is 20.0. The number of hydrogen-bond donors (Lipinski definition) is 1. The summed E-state index contributed by atoms with van der Waals surface area (Å²) < 4.78 is 27.1. The fourth-order valence-electron chi connectivity index (χ4n) is 4.61. The van der Waals surface area contributed by atoms with Crippen molar-refractivity contribution in [1.29, 1.82) is 0 Å². The highest BCUT2D eigenvalue weighted by Crippen LogP contribution is 2.32. The van der Waals surface area contributed by atoms with Gasteiger partial charge in [-0.15, -0.1) is 0 Å². The largest absolute Gasteiger partial charge is 0.356 e. The third kappa shape index (κ3) is 4.50. The summed E-state index contributed by atoms with van der Waals surface area (Å²) in [7, 11) is 0.867. The minimum Gasteiger partial charge on any atom is -0.356 e. The van der Waals surface area contributed by atoms with Crippen molar-refractivity contribution < 1.29 is 8.42 Å². The second-order valence-electron chi connectivity index (χ2n) is 8.50. The molecule has 0 bridgehead atoms. The number of sulfone groups is 1. The summed E-state index contributed by atoms with van der Waals surface area (Å²) >= 11 is 0. The van der Waals surface area contributed by atoms with E-state index < -0.39 is 9.84 Å². The van der Waals surface area contributed by atoms with Gasteiger partial charge in [-0.3, -0.25) is 4.68 Å². The Balaban J connectivity index is 1.32. The molecule has 1 saturated carbocycles. The van der Waals surface area contributed by atoms with Crippen LogP contribution < -0.4 is 4.90 Å². The lowest BCUT2D eigenvalue weighted by atomic mass is 9.86. The number of H-pyrrole nitrogens is 1. The first-order chi connectivity index (χ1) is 14.3. The number of aromatic nitrogens is 5. The van der Waals surface area contributed by atoms with Crippen LogP contribution >= 0.6 is 0 Å². The van der Waals surface area contributed by atoms with Gasteiger partial charge in [0.1, 0.15) is 17.8 Å². The number of aromatic amines is 1. The van der Waals surface area contributed by atoms with Crippen LogP contribution in [0.2, 0.25) is 0 Å². The Labute approximate surface area is 177 Å². The molecule has 8 nitrogen and oxygen atoms in total. The van der Waals surface area contributed by atoms with Crippen molar-refractivity contribution in [3.63, 3.8) is 0 Å². The van der Waals surface area contributed by atoms with Crippen LogP contribution in [0.15, 0.2) is 24.8 Å². The molecule has 0 saturated heterocycles. The molecule has 0 atom stereocenters. The summed E-state index contributed by atoms with van der Waals surface area (Å²) in [6.07, 6.45) is 9.75. The average Bonchev–Trinajstić information content (AvgIpc) is 3.31. The third-order valence-corrected chi connectivity index (χ3v) is 8.12. The van der Waals surface area contributed by atoms with Gasteiger partial charge in [0.2, 0.25) is 0 Å². The molecule has 30 heavy (non-hydrogen) atoms. The van der Waals surface area contributed by atoms with Gasteiger partial charge in [-0.25, -0.2) is 18.4 Å². The van der Waals surface area contributed by atoms with Crippen LogP contribution in [-0.2, 0) is 23.3 Å². The first-order valence-corrected chi connectivity index (χ1v) is 12.3. The first-order valence-electron chi connectivity index (χ1n) is 10.5. The molecule has 3 aromatic heterocycles. The Morgan fingerprint density at radius 2 is 2.00 bits per heavy atom. The van der Waals surface area contributed by atoms with Gasteiger partial charge in [0.05, 0.1) is 22.6 Å². The Hall–Kier alpha value is -2.42. The lowest BCUT2D eigenvalue weighted by Gasteiger charge is -2.35. The Bertz CT molecular complexity index is 1110. The summed E-state index contributed by atoms with van der Waals surface area (Å²) in [6, 6.07) is 2.37. The smallest absolute Gasteiger partial charge is 0.150 e. The molecule has 1 N–H and O–H groups in total. The average molecular weight is 431 g/mol. The van der Waals surface area contributed by atoms with Gasteiger partial charge in [-0.2, -0.15) is 5.10 Å². The Morgan fingerprint density at radius 1 is 1.23 bits per heavy atom. The summed E-state index contributed by atoms with van der Waals surface area (Å²) in [6.45, 7) is 1.93. The molecule has 3 aromatic rings. The van der Waals surface area contributed by atoms with E-state index in [0.717, 1.165) is 53.8 Å².